The average molecular weight is 382 g/mol. The highest BCUT2D eigenvalue weighted by atomic mass is 16.5. The van der Waals surface area contributed by atoms with Crippen molar-refractivity contribution in [2.45, 2.75) is 38.5 Å². The Morgan fingerprint density at radius 2 is 1.89 bits per heavy atom. The molecule has 0 unspecified atom stereocenters. The number of benzene rings is 1. The third-order valence-corrected chi connectivity index (χ3v) is 6.27. The number of imide groups is 1. The molecule has 148 valence electrons. The summed E-state index contributed by atoms with van der Waals surface area (Å²) < 4.78 is 5.42. The molecule has 0 atom stereocenters. The van der Waals surface area contributed by atoms with Crippen molar-refractivity contribution in [1.82, 2.24) is 15.4 Å². The lowest BCUT2D eigenvalue weighted by atomic mass is 9.89. The van der Waals surface area contributed by atoms with E-state index in [0.29, 0.717) is 23.9 Å². The number of piperidine rings is 1. The number of nitrogens with one attached hydrogen (secondary N) is 1. The fourth-order valence-corrected chi connectivity index (χ4v) is 4.43. The highest BCUT2D eigenvalue weighted by Crippen LogP contribution is 2.33. The summed E-state index contributed by atoms with van der Waals surface area (Å²) >= 11 is 0. The number of urea groups is 1. The van der Waals surface area contributed by atoms with Crippen LogP contribution in [0.15, 0.2) is 22.7 Å². The summed E-state index contributed by atoms with van der Waals surface area (Å²) in [5.74, 6) is 1.92. The van der Waals surface area contributed by atoms with Crippen molar-refractivity contribution in [1.29, 1.82) is 0 Å². The number of fused-ring (bicyclic) bond motifs is 1. The van der Waals surface area contributed by atoms with E-state index in [9.17, 15) is 9.59 Å². The van der Waals surface area contributed by atoms with Gasteiger partial charge >= 0.3 is 6.03 Å². The molecule has 1 aromatic heterocycles. The molecule has 0 radical (unpaired) electrons. The quantitative estimate of drug-likeness (QED) is 0.860. The Bertz CT molecular complexity index is 896. The second-order valence-electron chi connectivity index (χ2n) is 8.48. The smallest absolute Gasteiger partial charge is 0.329 e. The standard InChI is InChI=1S/C21H26N4O3/c26-19-7-10-25(21(27)22-19)20-17-12-16(3-4-18(17)28-23-20)11-14-5-8-24(9-6-14)13-15-1-2-15/h3-4,12,14-15H,1-2,5-11,13H2,(H,22,26,27). The van der Waals surface area contributed by atoms with Gasteiger partial charge in [-0.25, -0.2) is 4.79 Å². The van der Waals surface area contributed by atoms with Crippen molar-refractivity contribution in [2.75, 3.05) is 31.1 Å². The second kappa shape index (κ2) is 7.20. The minimum Gasteiger partial charge on any atom is -0.354 e. The maximum atomic E-state index is 12.2. The van der Waals surface area contributed by atoms with Gasteiger partial charge in [-0.3, -0.25) is 15.0 Å². The van der Waals surface area contributed by atoms with Gasteiger partial charge in [-0.1, -0.05) is 11.2 Å². The number of anilines is 1. The van der Waals surface area contributed by atoms with Gasteiger partial charge in [0.25, 0.3) is 0 Å². The Morgan fingerprint density at radius 1 is 1.07 bits per heavy atom. The molecule has 2 aliphatic heterocycles. The maximum Gasteiger partial charge on any atom is 0.329 e. The number of carbonyl (C=O) groups excluding carboxylic acids is 2. The fourth-order valence-electron chi connectivity index (χ4n) is 4.43. The Balaban J connectivity index is 1.28. The van der Waals surface area contributed by atoms with E-state index in [-0.39, 0.29) is 12.3 Å². The molecule has 0 spiro atoms. The van der Waals surface area contributed by atoms with Crippen molar-refractivity contribution in [2.24, 2.45) is 11.8 Å². The number of nitrogens with zero attached hydrogens (tertiary/aromatic N) is 3. The van der Waals surface area contributed by atoms with E-state index in [1.807, 2.05) is 6.07 Å². The van der Waals surface area contributed by atoms with Gasteiger partial charge in [-0.05, 0) is 74.7 Å². The first-order valence-corrected chi connectivity index (χ1v) is 10.4. The first-order chi connectivity index (χ1) is 13.7. The molecule has 3 heterocycles. The topological polar surface area (TPSA) is 78.7 Å². The van der Waals surface area contributed by atoms with Gasteiger partial charge in [0.05, 0.1) is 5.39 Å². The zero-order chi connectivity index (χ0) is 19.1. The average Bonchev–Trinajstić information content (AvgIpc) is 3.41. The number of carbonyl (C=O) groups is 2. The molecule has 2 saturated heterocycles. The minimum atomic E-state index is -0.431. The first kappa shape index (κ1) is 17.7. The summed E-state index contributed by atoms with van der Waals surface area (Å²) in [5, 5.41) is 7.29. The number of rotatable bonds is 5. The van der Waals surface area contributed by atoms with E-state index in [1.54, 1.807) is 0 Å². The Morgan fingerprint density at radius 3 is 2.64 bits per heavy atom. The predicted octanol–water partition coefficient (Wildman–Crippen LogP) is 2.94. The number of hydrogen-bond donors (Lipinski definition) is 1. The van der Waals surface area contributed by atoms with Gasteiger partial charge in [0.2, 0.25) is 5.91 Å². The van der Waals surface area contributed by atoms with Crippen LogP contribution in [0, 0.1) is 11.8 Å². The van der Waals surface area contributed by atoms with Crippen LogP contribution >= 0.6 is 0 Å². The lowest BCUT2D eigenvalue weighted by Gasteiger charge is -2.32. The third-order valence-electron chi connectivity index (χ3n) is 6.27. The molecule has 28 heavy (non-hydrogen) atoms. The highest BCUT2D eigenvalue weighted by Gasteiger charge is 2.29. The van der Waals surface area contributed by atoms with E-state index < -0.39 is 6.03 Å². The molecule has 1 N–H and O–H groups in total. The van der Waals surface area contributed by atoms with Crippen LogP contribution in [0.3, 0.4) is 0 Å². The lowest BCUT2D eigenvalue weighted by Crippen LogP contribution is -2.49. The SMILES string of the molecule is O=C1CCN(c2noc3ccc(CC4CCN(CC5CC5)CC4)cc23)C(=O)N1. The van der Waals surface area contributed by atoms with Gasteiger partial charge in [0.15, 0.2) is 11.4 Å². The third kappa shape index (κ3) is 3.63. The van der Waals surface area contributed by atoms with Gasteiger partial charge in [-0.15, -0.1) is 0 Å². The van der Waals surface area contributed by atoms with Gasteiger partial charge in [0.1, 0.15) is 0 Å². The van der Waals surface area contributed by atoms with Crippen molar-refractivity contribution in [3.05, 3.63) is 23.8 Å². The molecule has 3 aliphatic rings. The van der Waals surface area contributed by atoms with Gasteiger partial charge in [-0.2, -0.15) is 0 Å². The molecule has 3 fully saturated rings. The largest absolute Gasteiger partial charge is 0.354 e. The molecular weight excluding hydrogens is 356 g/mol. The fraction of sp³-hybridized carbons (Fsp3) is 0.571. The van der Waals surface area contributed by atoms with Crippen LogP contribution in [0.2, 0.25) is 0 Å². The predicted molar refractivity (Wildman–Crippen MR) is 105 cm³/mol. The molecule has 1 aromatic carbocycles. The van der Waals surface area contributed by atoms with Crippen LogP contribution < -0.4 is 10.2 Å². The van der Waals surface area contributed by atoms with Crippen LogP contribution in [0.4, 0.5) is 10.6 Å². The van der Waals surface area contributed by atoms with E-state index in [1.165, 1.54) is 55.8 Å². The summed E-state index contributed by atoms with van der Waals surface area (Å²) in [6.07, 6.45) is 6.66. The van der Waals surface area contributed by atoms with E-state index in [2.05, 4.69) is 27.5 Å². The van der Waals surface area contributed by atoms with Gasteiger partial charge in [0, 0.05) is 19.5 Å². The first-order valence-electron chi connectivity index (χ1n) is 10.4. The van der Waals surface area contributed by atoms with E-state index in [4.69, 9.17) is 4.52 Å². The van der Waals surface area contributed by atoms with Crippen molar-refractivity contribution < 1.29 is 14.1 Å². The van der Waals surface area contributed by atoms with Crippen LogP contribution in [0.1, 0.15) is 37.7 Å². The molecule has 1 aliphatic carbocycles. The summed E-state index contributed by atoms with van der Waals surface area (Å²) in [6, 6.07) is 5.71. The summed E-state index contributed by atoms with van der Waals surface area (Å²) in [5.41, 5.74) is 1.92. The Kier molecular flexibility index (Phi) is 4.55. The second-order valence-corrected chi connectivity index (χ2v) is 8.48. The Labute approximate surface area is 164 Å². The van der Waals surface area contributed by atoms with Crippen molar-refractivity contribution in [3.63, 3.8) is 0 Å². The van der Waals surface area contributed by atoms with E-state index in [0.717, 1.165) is 17.7 Å². The van der Waals surface area contributed by atoms with Gasteiger partial charge < -0.3 is 9.42 Å². The molecule has 2 aromatic rings. The van der Waals surface area contributed by atoms with Crippen molar-refractivity contribution in [3.8, 4) is 0 Å². The minimum absolute atomic E-state index is 0.247. The number of aromatic nitrogens is 1. The molecule has 1 saturated carbocycles. The van der Waals surface area contributed by atoms with Crippen LogP contribution in [-0.2, 0) is 11.2 Å². The molecule has 7 nitrogen and oxygen atoms in total. The molecule has 3 amide bonds. The molecule has 5 rings (SSSR count). The normalized spacial score (nSPS) is 22.1. The molecule has 0 bridgehead atoms. The molecular formula is C21H26N4O3. The lowest BCUT2D eigenvalue weighted by molar-refractivity contribution is -0.120. The number of likely N-dealkylation sites (tertiary alicyclic amines) is 1. The summed E-state index contributed by atoms with van der Waals surface area (Å²) in [4.78, 5) is 27.7. The van der Waals surface area contributed by atoms with Crippen LogP contribution in [0.5, 0.6) is 0 Å². The monoisotopic (exact) mass is 382 g/mol. The maximum absolute atomic E-state index is 12.2. The van der Waals surface area contributed by atoms with Crippen LogP contribution in [0.25, 0.3) is 11.0 Å². The zero-order valence-electron chi connectivity index (χ0n) is 16.0. The molecule has 7 heteroatoms. The zero-order valence-corrected chi connectivity index (χ0v) is 16.0. The Hall–Kier alpha value is -2.41. The highest BCUT2D eigenvalue weighted by molar-refractivity contribution is 6.08. The summed E-state index contributed by atoms with van der Waals surface area (Å²) in [6.45, 7) is 4.05. The van der Waals surface area contributed by atoms with Crippen molar-refractivity contribution >= 4 is 28.7 Å². The van der Waals surface area contributed by atoms with Crippen LogP contribution in [-0.4, -0.2) is 48.2 Å². The van der Waals surface area contributed by atoms with E-state index >= 15 is 0 Å². The number of hydrogen-bond acceptors (Lipinski definition) is 5. The summed E-state index contributed by atoms with van der Waals surface area (Å²) in [7, 11) is 0. The number of amides is 3.